The molecular weight excluding hydrogens is 344 g/mol. The lowest BCUT2D eigenvalue weighted by Gasteiger charge is -2.37. The molecule has 0 atom stereocenters. The van der Waals surface area contributed by atoms with Crippen LogP contribution in [0.25, 0.3) is 11.1 Å². The number of hydrogen-bond acceptors (Lipinski definition) is 0. The van der Waals surface area contributed by atoms with Gasteiger partial charge in [0.25, 0.3) is 0 Å². The first-order valence-electron chi connectivity index (χ1n) is 9.06. The van der Waals surface area contributed by atoms with Crippen molar-refractivity contribution in [2.45, 2.75) is 0 Å². The fraction of sp³-hybridized carbons (Fsp3) is 0. The van der Waals surface area contributed by atoms with E-state index in [0.29, 0.717) is 0 Å². The van der Waals surface area contributed by atoms with Crippen molar-refractivity contribution in [3.63, 3.8) is 0 Å². The molecule has 2 aliphatic heterocycles. The fourth-order valence-electron chi connectivity index (χ4n) is 4.94. The van der Waals surface area contributed by atoms with E-state index in [2.05, 4.69) is 97.1 Å². The third-order valence-electron chi connectivity index (χ3n) is 5.88. The highest BCUT2D eigenvalue weighted by Gasteiger charge is 2.51. The predicted octanol–water partition coefficient (Wildman–Crippen LogP) is 1.01. The molecule has 1 spiro atoms. The van der Waals surface area contributed by atoms with Crippen LogP contribution in [0, 0.1) is 0 Å². The van der Waals surface area contributed by atoms with E-state index in [1.54, 1.807) is 20.7 Å². The molecule has 26 heavy (non-hydrogen) atoms. The second kappa shape index (κ2) is 5.16. The summed E-state index contributed by atoms with van der Waals surface area (Å²) in [5.74, 6) is 0. The lowest BCUT2D eigenvalue weighted by molar-refractivity contribution is 1.71. The standard InChI is InChI=1S/C24H16Si2/c1-5-13-21-17(9-1)18-10-2-6-14-22(18)26(21)23-15-7-3-11-19(23)25-20-12-4-8-16-24(20)26/h1-16H. The second-order valence-corrected chi connectivity index (χ2v) is 12.0. The molecule has 0 N–H and O–H groups in total. The molecule has 0 unspecified atom stereocenters. The zero-order valence-corrected chi connectivity index (χ0v) is 16.2. The minimum absolute atomic E-state index is 0.754. The van der Waals surface area contributed by atoms with Gasteiger partial charge in [-0.3, -0.25) is 0 Å². The number of rotatable bonds is 0. The van der Waals surface area contributed by atoms with Crippen LogP contribution in [-0.2, 0) is 0 Å². The van der Waals surface area contributed by atoms with E-state index in [4.69, 9.17) is 0 Å². The minimum Gasteiger partial charge on any atom is -0.0632 e. The molecule has 2 radical (unpaired) electrons. The van der Waals surface area contributed by atoms with Gasteiger partial charge in [-0.15, -0.1) is 0 Å². The number of benzene rings is 4. The van der Waals surface area contributed by atoms with Crippen LogP contribution < -0.4 is 31.1 Å². The van der Waals surface area contributed by atoms with E-state index in [1.807, 2.05) is 0 Å². The van der Waals surface area contributed by atoms with Crippen molar-refractivity contribution in [1.29, 1.82) is 0 Å². The zero-order chi connectivity index (χ0) is 17.1. The Morgan fingerprint density at radius 3 is 1.31 bits per heavy atom. The van der Waals surface area contributed by atoms with Gasteiger partial charge in [0.1, 0.15) is 9.52 Å². The molecule has 2 aliphatic rings. The average molecular weight is 361 g/mol. The van der Waals surface area contributed by atoms with Crippen LogP contribution in [0.1, 0.15) is 0 Å². The van der Waals surface area contributed by atoms with Crippen LogP contribution in [0.2, 0.25) is 0 Å². The van der Waals surface area contributed by atoms with Gasteiger partial charge in [-0.05, 0) is 31.9 Å². The molecule has 0 amide bonds. The third kappa shape index (κ3) is 1.64. The van der Waals surface area contributed by atoms with Gasteiger partial charge in [0, 0.05) is 0 Å². The van der Waals surface area contributed by atoms with Gasteiger partial charge in [0.2, 0.25) is 0 Å². The summed E-state index contributed by atoms with van der Waals surface area (Å²) >= 11 is 0. The molecule has 0 nitrogen and oxygen atoms in total. The van der Waals surface area contributed by atoms with Crippen molar-refractivity contribution in [1.82, 2.24) is 0 Å². The average Bonchev–Trinajstić information content (AvgIpc) is 3.00. The summed E-state index contributed by atoms with van der Waals surface area (Å²) in [6.07, 6.45) is 0. The zero-order valence-electron chi connectivity index (χ0n) is 14.2. The van der Waals surface area contributed by atoms with E-state index >= 15 is 0 Å². The molecule has 4 aromatic carbocycles. The molecule has 0 bridgehead atoms. The molecule has 4 aromatic rings. The molecule has 0 saturated heterocycles. The van der Waals surface area contributed by atoms with Crippen molar-refractivity contribution in [2.24, 2.45) is 0 Å². The maximum atomic E-state index is 2.41. The maximum absolute atomic E-state index is 2.41. The smallest absolute Gasteiger partial charge is 0.0632 e. The lowest BCUT2D eigenvalue weighted by Crippen LogP contribution is -2.82. The summed E-state index contributed by atoms with van der Waals surface area (Å²) in [5.41, 5.74) is 2.87. The molecule has 120 valence electrons. The molecule has 2 heterocycles. The number of fused-ring (bicyclic) bond motifs is 9. The summed E-state index contributed by atoms with van der Waals surface area (Å²) < 4.78 is 0. The highest BCUT2D eigenvalue weighted by Crippen LogP contribution is 2.28. The first-order valence-corrected chi connectivity index (χ1v) is 12.1. The van der Waals surface area contributed by atoms with E-state index in [9.17, 15) is 0 Å². The van der Waals surface area contributed by atoms with Gasteiger partial charge >= 0.3 is 0 Å². The van der Waals surface area contributed by atoms with Gasteiger partial charge < -0.3 is 0 Å². The molecule has 6 rings (SSSR count). The summed E-state index contributed by atoms with van der Waals surface area (Å²) in [6.45, 7) is 0. The van der Waals surface area contributed by atoms with Gasteiger partial charge in [-0.2, -0.15) is 0 Å². The summed E-state index contributed by atoms with van der Waals surface area (Å²) in [4.78, 5) is 0. The van der Waals surface area contributed by atoms with Crippen LogP contribution in [-0.4, -0.2) is 17.6 Å². The Balaban J connectivity index is 1.87. The minimum atomic E-state index is -2.20. The van der Waals surface area contributed by atoms with Crippen molar-refractivity contribution in [3.8, 4) is 11.1 Å². The molecule has 0 aliphatic carbocycles. The van der Waals surface area contributed by atoms with E-state index in [-0.39, 0.29) is 0 Å². The van der Waals surface area contributed by atoms with E-state index in [1.165, 1.54) is 21.5 Å². The van der Waals surface area contributed by atoms with Gasteiger partial charge in [0.05, 0.1) is 0 Å². The van der Waals surface area contributed by atoms with Gasteiger partial charge in [0.15, 0.2) is 8.07 Å². The fourth-order valence-corrected chi connectivity index (χ4v) is 12.9. The lowest BCUT2D eigenvalue weighted by atomic mass is 10.1. The van der Waals surface area contributed by atoms with Crippen LogP contribution in [0.4, 0.5) is 0 Å². The quantitative estimate of drug-likeness (QED) is 0.355. The summed E-state index contributed by atoms with van der Waals surface area (Å²) in [7, 11) is -1.44. The van der Waals surface area contributed by atoms with Crippen LogP contribution in [0.3, 0.4) is 0 Å². The topological polar surface area (TPSA) is 0 Å². The molecule has 0 aromatic heterocycles. The largest absolute Gasteiger partial charge is 0.180 e. The third-order valence-corrected chi connectivity index (χ3v) is 12.8. The molecule has 0 fully saturated rings. The highest BCUT2D eigenvalue weighted by molar-refractivity contribution is 7.25. The predicted molar refractivity (Wildman–Crippen MR) is 114 cm³/mol. The normalized spacial score (nSPS) is 15.1. The Morgan fingerprint density at radius 2 is 0.808 bits per heavy atom. The van der Waals surface area contributed by atoms with E-state index in [0.717, 1.165) is 9.52 Å². The number of hydrogen-bond donors (Lipinski definition) is 0. The van der Waals surface area contributed by atoms with Gasteiger partial charge in [-0.25, -0.2) is 0 Å². The van der Waals surface area contributed by atoms with Crippen molar-refractivity contribution in [3.05, 3.63) is 97.1 Å². The van der Waals surface area contributed by atoms with Crippen molar-refractivity contribution < 1.29 is 0 Å². The Labute approximate surface area is 157 Å². The Bertz CT molecular complexity index is 1080. The van der Waals surface area contributed by atoms with Gasteiger partial charge in [-0.1, -0.05) is 107 Å². The van der Waals surface area contributed by atoms with Crippen LogP contribution >= 0.6 is 0 Å². The first kappa shape index (κ1) is 14.5. The molecule has 2 heteroatoms. The second-order valence-electron chi connectivity index (χ2n) is 7.06. The molecule has 0 saturated carbocycles. The Morgan fingerprint density at radius 1 is 0.423 bits per heavy atom. The van der Waals surface area contributed by atoms with Crippen molar-refractivity contribution in [2.75, 3.05) is 0 Å². The van der Waals surface area contributed by atoms with E-state index < -0.39 is 8.07 Å². The highest BCUT2D eigenvalue weighted by atomic mass is 28.3. The van der Waals surface area contributed by atoms with Crippen LogP contribution in [0.5, 0.6) is 0 Å². The van der Waals surface area contributed by atoms with Crippen LogP contribution in [0.15, 0.2) is 97.1 Å². The van der Waals surface area contributed by atoms with Crippen molar-refractivity contribution >= 4 is 48.7 Å². The maximum Gasteiger partial charge on any atom is 0.180 e. The molecular formula is C24H16Si2. The summed E-state index contributed by atoms with van der Waals surface area (Å²) in [5, 5.41) is 9.37. The Kier molecular flexibility index (Phi) is 2.87. The Hall–Kier alpha value is -2.69. The first-order chi connectivity index (χ1) is 12.9. The SMILES string of the molecule is c1ccc2c(c1)[Si]c1ccccc1[Si]21c2ccccc2-c2ccccc21. The monoisotopic (exact) mass is 360 g/mol. The summed E-state index contributed by atoms with van der Waals surface area (Å²) in [6, 6.07) is 36.6.